The average Bonchev–Trinajstić information content (AvgIpc) is 3.34. The molecule has 0 saturated carbocycles. The zero-order chi connectivity index (χ0) is 28.7. The number of esters is 2. The number of aromatic nitrogens is 3. The van der Waals surface area contributed by atoms with Gasteiger partial charge >= 0.3 is 11.9 Å². The summed E-state index contributed by atoms with van der Waals surface area (Å²) in [5.74, 6) is -2.11. The van der Waals surface area contributed by atoms with Crippen LogP contribution in [-0.4, -0.2) is 44.0 Å². The Morgan fingerprint density at radius 2 is 2.00 bits per heavy atom. The molecular weight excluding hydrogens is 546 g/mol. The molecule has 0 unspecified atom stereocenters. The lowest BCUT2D eigenvalue weighted by Gasteiger charge is -2.35. The number of pyridine rings is 3. The monoisotopic (exact) mass is 569 g/mol. The summed E-state index contributed by atoms with van der Waals surface area (Å²) in [5, 5.41) is 5.91. The summed E-state index contributed by atoms with van der Waals surface area (Å²) in [4.78, 5) is 60.7. The van der Waals surface area contributed by atoms with Crippen LogP contribution in [0.4, 0.5) is 0 Å². The molecule has 0 radical (unpaired) electrons. The van der Waals surface area contributed by atoms with Gasteiger partial charge in [-0.25, -0.2) is 9.78 Å². The maximum Gasteiger partial charge on any atom is 0.355 e. The van der Waals surface area contributed by atoms with Crippen LogP contribution < -0.4 is 16.2 Å². The van der Waals surface area contributed by atoms with E-state index < -0.39 is 30.0 Å². The number of ether oxygens (including phenoxy) is 2. The smallest absolute Gasteiger partial charge is 0.355 e. The average molecular weight is 570 g/mol. The SMILES string of the molecule is CC[C@@]1(OC(=O)CNC(=S)NC(=O)c2cccnc2)C(=O)OCc2c1cc1n(c2=O)Cc2cc3ccccc3nc2-1. The minimum Gasteiger partial charge on any atom is -0.457 e. The molecule has 0 aliphatic carbocycles. The number of carbonyl (C=O) groups excluding carboxylic acids is 3. The summed E-state index contributed by atoms with van der Waals surface area (Å²) in [7, 11) is 0. The molecule has 206 valence electrons. The van der Waals surface area contributed by atoms with Crippen molar-refractivity contribution in [3.63, 3.8) is 0 Å². The Morgan fingerprint density at radius 3 is 2.78 bits per heavy atom. The summed E-state index contributed by atoms with van der Waals surface area (Å²) in [5.41, 5.74) is 1.44. The van der Waals surface area contributed by atoms with E-state index in [0.717, 1.165) is 16.5 Å². The Labute approximate surface area is 238 Å². The second-order valence-corrected chi connectivity index (χ2v) is 10.0. The predicted octanol–water partition coefficient (Wildman–Crippen LogP) is 2.33. The summed E-state index contributed by atoms with van der Waals surface area (Å²) in [6.07, 6.45) is 2.92. The van der Waals surface area contributed by atoms with E-state index in [1.165, 1.54) is 12.4 Å². The van der Waals surface area contributed by atoms with Crippen LogP contribution in [0.3, 0.4) is 0 Å². The number of nitrogens with one attached hydrogen (secondary N) is 2. The first kappa shape index (κ1) is 26.3. The van der Waals surface area contributed by atoms with Gasteiger partial charge in [0, 0.05) is 28.9 Å². The fourth-order valence-corrected chi connectivity index (χ4v) is 5.35. The van der Waals surface area contributed by atoms with Crippen molar-refractivity contribution in [2.24, 2.45) is 0 Å². The number of carbonyl (C=O) groups is 3. The van der Waals surface area contributed by atoms with Gasteiger partial charge in [0.05, 0.1) is 34.6 Å². The molecular formula is C29H23N5O6S. The zero-order valence-electron chi connectivity index (χ0n) is 21.8. The van der Waals surface area contributed by atoms with Crippen molar-refractivity contribution in [1.82, 2.24) is 25.2 Å². The molecule has 0 saturated heterocycles. The number of fused-ring (bicyclic) bond motifs is 5. The first-order valence-corrected chi connectivity index (χ1v) is 13.3. The van der Waals surface area contributed by atoms with Gasteiger partial charge in [-0.05, 0) is 49.0 Å². The number of rotatable bonds is 5. The van der Waals surface area contributed by atoms with Crippen molar-refractivity contribution in [2.45, 2.75) is 32.1 Å². The molecule has 6 rings (SSSR count). The molecule has 41 heavy (non-hydrogen) atoms. The fraction of sp³-hybridized carbons (Fsp3) is 0.207. The number of amides is 1. The second kappa shape index (κ2) is 10.2. The lowest BCUT2D eigenvalue weighted by molar-refractivity contribution is -0.188. The van der Waals surface area contributed by atoms with Crippen LogP contribution >= 0.6 is 12.2 Å². The Balaban J connectivity index is 1.27. The van der Waals surface area contributed by atoms with E-state index in [9.17, 15) is 19.2 Å². The third kappa shape index (κ3) is 4.51. The molecule has 12 heteroatoms. The molecule has 11 nitrogen and oxygen atoms in total. The van der Waals surface area contributed by atoms with Gasteiger partial charge in [-0.3, -0.25) is 24.7 Å². The quantitative estimate of drug-likeness (QED) is 0.239. The van der Waals surface area contributed by atoms with E-state index in [2.05, 4.69) is 15.6 Å². The van der Waals surface area contributed by atoms with Crippen molar-refractivity contribution in [1.29, 1.82) is 0 Å². The van der Waals surface area contributed by atoms with E-state index in [0.29, 0.717) is 17.9 Å². The third-order valence-corrected chi connectivity index (χ3v) is 7.46. The highest BCUT2D eigenvalue weighted by Gasteiger charge is 2.50. The van der Waals surface area contributed by atoms with Crippen LogP contribution in [0.2, 0.25) is 0 Å². The number of thiocarbonyl (C=S) groups is 1. The number of benzene rings is 1. The summed E-state index contributed by atoms with van der Waals surface area (Å²) in [6.45, 7) is 1.31. The lowest BCUT2D eigenvalue weighted by Crippen LogP contribution is -2.49. The predicted molar refractivity (Wildman–Crippen MR) is 151 cm³/mol. The van der Waals surface area contributed by atoms with Crippen LogP contribution in [0.5, 0.6) is 0 Å². The maximum absolute atomic E-state index is 13.6. The van der Waals surface area contributed by atoms with Gasteiger partial charge in [-0.15, -0.1) is 0 Å². The van der Waals surface area contributed by atoms with E-state index in [-0.39, 0.29) is 40.4 Å². The van der Waals surface area contributed by atoms with Crippen molar-refractivity contribution in [3.8, 4) is 11.4 Å². The topological polar surface area (TPSA) is 142 Å². The Kier molecular flexibility index (Phi) is 6.54. The zero-order valence-corrected chi connectivity index (χ0v) is 22.6. The lowest BCUT2D eigenvalue weighted by atomic mass is 9.85. The van der Waals surface area contributed by atoms with Gasteiger partial charge in [0.15, 0.2) is 5.11 Å². The molecule has 4 aromatic rings. The van der Waals surface area contributed by atoms with Crippen LogP contribution in [0.15, 0.2) is 65.7 Å². The molecule has 0 spiro atoms. The minimum absolute atomic E-state index is 0.0215. The summed E-state index contributed by atoms with van der Waals surface area (Å²) in [6, 6.07) is 14.5. The van der Waals surface area contributed by atoms with Crippen LogP contribution in [0.1, 0.15) is 40.4 Å². The first-order chi connectivity index (χ1) is 19.8. The number of cyclic esters (lactones) is 1. The van der Waals surface area contributed by atoms with Crippen molar-refractivity contribution >= 4 is 46.1 Å². The molecule has 1 aromatic carbocycles. The normalized spacial score (nSPS) is 16.7. The minimum atomic E-state index is -1.85. The molecule has 2 aliphatic rings. The van der Waals surface area contributed by atoms with Crippen LogP contribution in [0.25, 0.3) is 22.3 Å². The number of para-hydroxylation sites is 1. The van der Waals surface area contributed by atoms with Crippen molar-refractivity contribution in [2.75, 3.05) is 6.54 Å². The highest BCUT2D eigenvalue weighted by Crippen LogP contribution is 2.40. The van der Waals surface area contributed by atoms with Crippen molar-refractivity contribution < 1.29 is 23.9 Å². The van der Waals surface area contributed by atoms with E-state index in [4.69, 9.17) is 26.7 Å². The maximum atomic E-state index is 13.6. The molecule has 2 N–H and O–H groups in total. The largest absolute Gasteiger partial charge is 0.457 e. The van der Waals surface area contributed by atoms with Gasteiger partial charge in [-0.1, -0.05) is 25.1 Å². The van der Waals surface area contributed by atoms with Crippen LogP contribution in [-0.2, 0) is 37.8 Å². The van der Waals surface area contributed by atoms with E-state index >= 15 is 0 Å². The molecule has 0 bridgehead atoms. The standard InChI is InChI=1S/C29H23N5O6S/c1-2-29(40-23(35)13-31-28(41)33-25(36)17-7-5-9-30-12-17)20-11-22-24-18(10-16-6-3-4-8-21(16)32-24)14-34(22)26(37)19(20)15-39-27(29)38/h3-12H,2,13-15H2,1H3,(H2,31,33,36,41)/t29-/m0/s1. The Bertz CT molecular complexity index is 1820. The van der Waals surface area contributed by atoms with Gasteiger partial charge in [0.1, 0.15) is 13.2 Å². The highest BCUT2D eigenvalue weighted by atomic mass is 32.1. The van der Waals surface area contributed by atoms with E-state index in [1.54, 1.807) is 29.7 Å². The molecule has 2 aliphatic heterocycles. The number of nitrogens with zero attached hydrogens (tertiary/aromatic N) is 3. The second-order valence-electron chi connectivity index (χ2n) is 9.61. The van der Waals surface area contributed by atoms with Gasteiger partial charge in [0.2, 0.25) is 5.60 Å². The molecule has 1 atom stereocenters. The Morgan fingerprint density at radius 1 is 1.17 bits per heavy atom. The van der Waals surface area contributed by atoms with Gasteiger partial charge < -0.3 is 19.4 Å². The molecule has 1 amide bonds. The van der Waals surface area contributed by atoms with Gasteiger partial charge in [0.25, 0.3) is 11.5 Å². The van der Waals surface area contributed by atoms with Crippen molar-refractivity contribution in [3.05, 3.63) is 93.5 Å². The molecule has 0 fully saturated rings. The highest BCUT2D eigenvalue weighted by molar-refractivity contribution is 7.80. The molecule has 5 heterocycles. The first-order valence-electron chi connectivity index (χ1n) is 12.8. The fourth-order valence-electron chi connectivity index (χ4n) is 5.18. The van der Waals surface area contributed by atoms with E-state index in [1.807, 2.05) is 30.3 Å². The molecule has 3 aromatic heterocycles. The Hall–Kier alpha value is -4.97. The summed E-state index contributed by atoms with van der Waals surface area (Å²) >= 11 is 5.12. The number of hydrogen-bond donors (Lipinski definition) is 2. The van der Waals surface area contributed by atoms with Gasteiger partial charge in [-0.2, -0.15) is 0 Å². The third-order valence-electron chi connectivity index (χ3n) is 7.22. The van der Waals surface area contributed by atoms with Crippen LogP contribution in [0, 0.1) is 0 Å². The number of hydrogen-bond acceptors (Lipinski definition) is 9. The summed E-state index contributed by atoms with van der Waals surface area (Å²) < 4.78 is 12.7.